The van der Waals surface area contributed by atoms with Crippen LogP contribution < -0.4 is 4.90 Å². The van der Waals surface area contributed by atoms with Gasteiger partial charge in [-0.1, -0.05) is 28.9 Å². The number of fused-ring (bicyclic) bond motifs is 6. The molecule has 144 valence electrons. The number of rotatable bonds is 2. The second-order valence-corrected chi connectivity index (χ2v) is 7.22. The molecule has 0 bridgehead atoms. The van der Waals surface area contributed by atoms with Crippen molar-refractivity contribution in [1.29, 1.82) is 5.26 Å². The summed E-state index contributed by atoms with van der Waals surface area (Å²) < 4.78 is 12.9. The number of nitriles is 1. The van der Waals surface area contributed by atoms with E-state index in [0.29, 0.717) is 29.9 Å². The van der Waals surface area contributed by atoms with Crippen LogP contribution in [0.1, 0.15) is 24.8 Å². The Morgan fingerprint density at radius 1 is 1.21 bits per heavy atom. The molecule has 0 spiro atoms. The second-order valence-electron chi connectivity index (χ2n) is 6.83. The largest absolute Gasteiger partial charge is 0.370 e. The normalized spacial score (nSPS) is 22.1. The number of alkyl halides is 1. The number of para-hydroxylation sites is 1. The molecule has 11 heteroatoms. The minimum atomic E-state index is -0.704. The third-order valence-electron chi connectivity index (χ3n) is 5.21. The topological polar surface area (TPSA) is 109 Å². The Kier molecular flexibility index (Phi) is 3.44. The molecule has 0 radical (unpaired) electrons. The number of halogens is 1. The summed E-state index contributed by atoms with van der Waals surface area (Å²) in [6.07, 6.45) is 5.40. The Balaban J connectivity index is 1.53. The van der Waals surface area contributed by atoms with Crippen LogP contribution in [0.15, 0.2) is 35.0 Å². The summed E-state index contributed by atoms with van der Waals surface area (Å²) in [5.74, 6) is 2.36. The molecule has 5 heterocycles. The van der Waals surface area contributed by atoms with Crippen molar-refractivity contribution in [2.75, 3.05) is 11.5 Å². The molecule has 2 atom stereocenters. The minimum absolute atomic E-state index is 0.166. The van der Waals surface area contributed by atoms with Crippen LogP contribution in [0.25, 0.3) is 28.9 Å². The smallest absolute Gasteiger partial charge is 0.296 e. The molecule has 0 saturated carbocycles. The summed E-state index contributed by atoms with van der Waals surface area (Å²) in [4.78, 5) is 7.69. The maximum absolute atomic E-state index is 9.47. The maximum Gasteiger partial charge on any atom is 0.296 e. The highest BCUT2D eigenvalue weighted by molar-refractivity contribution is 6.23. The third-order valence-corrected chi connectivity index (χ3v) is 5.61. The molecule has 3 aliphatic heterocycles. The summed E-state index contributed by atoms with van der Waals surface area (Å²) in [5.41, 5.74) is 0.978. The highest BCUT2D eigenvalue weighted by atomic mass is 35.5. The van der Waals surface area contributed by atoms with Crippen molar-refractivity contribution in [3.8, 4) is 29.3 Å². The molecule has 0 amide bonds. The fourth-order valence-corrected chi connectivity index (χ4v) is 4.19. The molecule has 1 fully saturated rings. The number of anilines is 1. The molecule has 2 unspecified atom stereocenters. The quantitative estimate of drug-likeness (QED) is 0.359. The van der Waals surface area contributed by atoms with E-state index in [1.165, 1.54) is 4.90 Å². The molecule has 0 aliphatic carbocycles. The molecule has 0 N–H and O–H groups in total. The summed E-state index contributed by atoms with van der Waals surface area (Å²) in [6.45, 7) is 0.689. The SMILES string of the molecule is N#CN1C=C2N(c3ccccc3-c3nnc(-c4nc(C5CCCO5)no4)n32)C1Cl. The molecule has 29 heavy (non-hydrogen) atoms. The summed E-state index contributed by atoms with van der Waals surface area (Å²) >= 11 is 6.56. The molecular weight excluding hydrogens is 396 g/mol. The van der Waals surface area contributed by atoms with E-state index in [-0.39, 0.29) is 12.0 Å². The molecule has 3 aliphatic rings. The van der Waals surface area contributed by atoms with E-state index in [1.807, 2.05) is 29.2 Å². The number of hydrogen-bond donors (Lipinski definition) is 0. The van der Waals surface area contributed by atoms with Crippen molar-refractivity contribution in [2.45, 2.75) is 24.6 Å². The van der Waals surface area contributed by atoms with Gasteiger partial charge >= 0.3 is 0 Å². The van der Waals surface area contributed by atoms with Crippen LogP contribution in [0.4, 0.5) is 5.69 Å². The standard InChI is InChI=1S/C18H13ClN8O2/c19-18-25(9-20)8-13-26(18)11-5-2-1-4-10(11)15-22-23-16(27(13)15)17-21-14(24-29-17)12-6-3-7-28-12/h1-2,4-5,8,12,18H,3,6-7H2. The van der Waals surface area contributed by atoms with E-state index in [2.05, 4.69) is 26.5 Å². The molecule has 6 rings (SSSR count). The van der Waals surface area contributed by atoms with Crippen molar-refractivity contribution in [1.82, 2.24) is 29.8 Å². The van der Waals surface area contributed by atoms with Crippen molar-refractivity contribution in [2.24, 2.45) is 0 Å². The molecule has 10 nitrogen and oxygen atoms in total. The Hall–Kier alpha value is -3.42. The van der Waals surface area contributed by atoms with Gasteiger partial charge in [-0.25, -0.2) is 4.90 Å². The van der Waals surface area contributed by atoms with Gasteiger partial charge in [0, 0.05) is 12.2 Å². The van der Waals surface area contributed by atoms with E-state index in [1.54, 1.807) is 10.8 Å². The zero-order chi connectivity index (χ0) is 19.5. The van der Waals surface area contributed by atoms with Crippen LogP contribution in [0.2, 0.25) is 0 Å². The minimum Gasteiger partial charge on any atom is -0.370 e. The van der Waals surface area contributed by atoms with Gasteiger partial charge in [0.15, 0.2) is 17.6 Å². The lowest BCUT2D eigenvalue weighted by molar-refractivity contribution is 0.103. The fourth-order valence-electron chi connectivity index (χ4n) is 3.89. The lowest BCUT2D eigenvalue weighted by atomic mass is 10.1. The number of benzene rings is 1. The van der Waals surface area contributed by atoms with Gasteiger partial charge in [-0.2, -0.15) is 10.2 Å². The van der Waals surface area contributed by atoms with Crippen molar-refractivity contribution >= 4 is 23.1 Å². The Labute approximate surface area is 169 Å². The predicted molar refractivity (Wildman–Crippen MR) is 101 cm³/mol. The Morgan fingerprint density at radius 2 is 2.07 bits per heavy atom. The van der Waals surface area contributed by atoms with Gasteiger partial charge < -0.3 is 9.26 Å². The van der Waals surface area contributed by atoms with Gasteiger partial charge in [0.25, 0.3) is 5.89 Å². The lowest BCUT2D eigenvalue weighted by Crippen LogP contribution is -2.36. The van der Waals surface area contributed by atoms with Crippen molar-refractivity contribution in [3.63, 3.8) is 0 Å². The average molecular weight is 409 g/mol. The summed E-state index contributed by atoms with van der Waals surface area (Å²) in [7, 11) is 0. The molecule has 3 aromatic rings. The zero-order valence-electron chi connectivity index (χ0n) is 14.9. The molecule has 1 saturated heterocycles. The Morgan fingerprint density at radius 3 is 2.90 bits per heavy atom. The molecule has 2 aromatic heterocycles. The monoisotopic (exact) mass is 408 g/mol. The number of nitrogens with zero attached hydrogens (tertiary/aromatic N) is 8. The average Bonchev–Trinajstić information content (AvgIpc) is 3.52. The van der Waals surface area contributed by atoms with Gasteiger partial charge in [-0.3, -0.25) is 9.47 Å². The molecule has 1 aromatic carbocycles. The second kappa shape index (κ2) is 6.04. The van der Waals surface area contributed by atoms with Crippen LogP contribution in [0, 0.1) is 11.5 Å². The van der Waals surface area contributed by atoms with Gasteiger partial charge in [-0.15, -0.1) is 10.2 Å². The predicted octanol–water partition coefficient (Wildman–Crippen LogP) is 2.74. The first-order chi connectivity index (χ1) is 14.3. The zero-order valence-corrected chi connectivity index (χ0v) is 15.7. The first kappa shape index (κ1) is 16.5. The van der Waals surface area contributed by atoms with Crippen LogP contribution in [-0.4, -0.2) is 42.0 Å². The number of hydrogen-bond acceptors (Lipinski definition) is 9. The van der Waals surface area contributed by atoms with E-state index in [9.17, 15) is 5.26 Å². The first-order valence-electron chi connectivity index (χ1n) is 9.10. The maximum atomic E-state index is 9.47. The third kappa shape index (κ3) is 2.25. The van der Waals surface area contributed by atoms with Gasteiger partial charge in [0.1, 0.15) is 11.9 Å². The molecular formula is C18H13ClN8O2. The van der Waals surface area contributed by atoms with Gasteiger partial charge in [-0.05, 0) is 25.0 Å². The van der Waals surface area contributed by atoms with E-state index in [4.69, 9.17) is 20.9 Å². The van der Waals surface area contributed by atoms with Crippen LogP contribution >= 0.6 is 11.6 Å². The van der Waals surface area contributed by atoms with Crippen LogP contribution in [0.3, 0.4) is 0 Å². The van der Waals surface area contributed by atoms with Gasteiger partial charge in [0.05, 0.1) is 11.9 Å². The van der Waals surface area contributed by atoms with Crippen LogP contribution in [0.5, 0.6) is 0 Å². The first-order valence-corrected chi connectivity index (χ1v) is 9.54. The van der Waals surface area contributed by atoms with Crippen molar-refractivity contribution in [3.05, 3.63) is 36.3 Å². The van der Waals surface area contributed by atoms with Crippen molar-refractivity contribution < 1.29 is 9.26 Å². The summed E-state index contributed by atoms with van der Waals surface area (Å²) in [5, 5.41) is 22.2. The number of ether oxygens (including phenoxy) is 1. The fraction of sp³-hybridized carbons (Fsp3) is 0.278. The highest BCUT2D eigenvalue weighted by Crippen LogP contribution is 2.46. The lowest BCUT2D eigenvalue weighted by Gasteiger charge is -2.32. The van der Waals surface area contributed by atoms with Gasteiger partial charge in [0.2, 0.25) is 11.6 Å². The van der Waals surface area contributed by atoms with E-state index < -0.39 is 5.62 Å². The number of aromatic nitrogens is 5. The summed E-state index contributed by atoms with van der Waals surface area (Å²) in [6, 6.07) is 7.68. The van der Waals surface area contributed by atoms with E-state index >= 15 is 0 Å². The highest BCUT2D eigenvalue weighted by Gasteiger charge is 2.41. The van der Waals surface area contributed by atoms with Crippen LogP contribution in [-0.2, 0) is 4.74 Å². The Bertz CT molecular complexity index is 1190. The van der Waals surface area contributed by atoms with E-state index in [0.717, 1.165) is 24.1 Å².